The van der Waals surface area contributed by atoms with Gasteiger partial charge in [-0.05, 0) is 42.8 Å². The molecule has 1 aliphatic heterocycles. The molecule has 6 nitrogen and oxygen atoms in total. The summed E-state index contributed by atoms with van der Waals surface area (Å²) in [6.07, 6.45) is 0.0882. The molecule has 1 atom stereocenters. The lowest BCUT2D eigenvalue weighted by Crippen LogP contribution is -2.35. The SMILES string of the molecule is Cc1ccccc1N1CC(C(=O)NCCS(=O)(=O)c2ccc(F)cc2)CC1=O. The Kier molecular flexibility index (Phi) is 5.79. The number of rotatable bonds is 6. The van der Waals surface area contributed by atoms with E-state index in [0.717, 1.165) is 23.4 Å². The van der Waals surface area contributed by atoms with E-state index < -0.39 is 21.6 Å². The lowest BCUT2D eigenvalue weighted by Gasteiger charge is -2.19. The van der Waals surface area contributed by atoms with E-state index in [1.54, 1.807) is 4.90 Å². The maximum absolute atomic E-state index is 12.9. The van der Waals surface area contributed by atoms with Crippen LogP contribution in [-0.2, 0) is 19.4 Å². The van der Waals surface area contributed by atoms with Crippen molar-refractivity contribution in [3.8, 4) is 0 Å². The molecule has 1 aliphatic rings. The summed E-state index contributed by atoms with van der Waals surface area (Å²) in [5.41, 5.74) is 1.73. The minimum absolute atomic E-state index is 0.00456. The first kappa shape index (κ1) is 20.0. The van der Waals surface area contributed by atoms with Gasteiger partial charge in [-0.1, -0.05) is 18.2 Å². The molecule has 2 aromatic rings. The molecule has 1 saturated heterocycles. The molecule has 28 heavy (non-hydrogen) atoms. The Morgan fingerprint density at radius 2 is 1.86 bits per heavy atom. The van der Waals surface area contributed by atoms with E-state index in [4.69, 9.17) is 0 Å². The van der Waals surface area contributed by atoms with Crippen LogP contribution in [0.4, 0.5) is 10.1 Å². The van der Waals surface area contributed by atoms with Crippen LogP contribution in [0.5, 0.6) is 0 Å². The normalized spacial score (nSPS) is 17.0. The molecule has 1 unspecified atom stereocenters. The molecule has 0 bridgehead atoms. The molecule has 148 valence electrons. The van der Waals surface area contributed by atoms with Crippen LogP contribution in [0, 0.1) is 18.7 Å². The third-order valence-electron chi connectivity index (χ3n) is 4.74. The highest BCUT2D eigenvalue weighted by atomic mass is 32.2. The smallest absolute Gasteiger partial charge is 0.227 e. The lowest BCUT2D eigenvalue weighted by atomic mass is 10.1. The molecular weight excluding hydrogens is 383 g/mol. The largest absolute Gasteiger partial charge is 0.355 e. The molecule has 1 N–H and O–H groups in total. The van der Waals surface area contributed by atoms with E-state index in [9.17, 15) is 22.4 Å². The standard InChI is InChI=1S/C20H21FN2O4S/c1-14-4-2-3-5-18(14)23-13-15(12-19(23)24)20(25)22-10-11-28(26,27)17-8-6-16(21)7-9-17/h2-9,15H,10-13H2,1H3,(H,22,25). The Morgan fingerprint density at radius 3 is 2.54 bits per heavy atom. The van der Waals surface area contributed by atoms with Crippen LogP contribution in [0.15, 0.2) is 53.4 Å². The van der Waals surface area contributed by atoms with Gasteiger partial charge in [0.25, 0.3) is 0 Å². The Bertz CT molecular complexity index is 990. The number of para-hydroxylation sites is 1. The summed E-state index contributed by atoms with van der Waals surface area (Å²) in [7, 11) is -3.63. The van der Waals surface area contributed by atoms with E-state index in [1.807, 2.05) is 31.2 Å². The lowest BCUT2D eigenvalue weighted by molar-refractivity contribution is -0.126. The maximum Gasteiger partial charge on any atom is 0.227 e. The van der Waals surface area contributed by atoms with Gasteiger partial charge in [-0.3, -0.25) is 9.59 Å². The van der Waals surface area contributed by atoms with Crippen LogP contribution in [0.25, 0.3) is 0 Å². The average molecular weight is 404 g/mol. The third-order valence-corrected chi connectivity index (χ3v) is 6.48. The van der Waals surface area contributed by atoms with Crippen LogP contribution in [0.1, 0.15) is 12.0 Å². The average Bonchev–Trinajstić information content (AvgIpc) is 3.04. The van der Waals surface area contributed by atoms with Gasteiger partial charge in [0.2, 0.25) is 11.8 Å². The van der Waals surface area contributed by atoms with Crippen molar-refractivity contribution in [3.05, 3.63) is 59.9 Å². The zero-order chi connectivity index (χ0) is 20.3. The van der Waals surface area contributed by atoms with Crippen molar-refractivity contribution >= 4 is 27.3 Å². The van der Waals surface area contributed by atoms with E-state index >= 15 is 0 Å². The second-order valence-corrected chi connectivity index (χ2v) is 8.86. The number of hydrogen-bond donors (Lipinski definition) is 1. The summed E-state index contributed by atoms with van der Waals surface area (Å²) >= 11 is 0. The minimum Gasteiger partial charge on any atom is -0.355 e. The molecule has 2 aromatic carbocycles. The summed E-state index contributed by atoms with van der Waals surface area (Å²) in [4.78, 5) is 26.3. The highest BCUT2D eigenvalue weighted by molar-refractivity contribution is 7.91. The maximum atomic E-state index is 12.9. The van der Waals surface area contributed by atoms with Gasteiger partial charge in [-0.2, -0.15) is 0 Å². The number of nitrogens with one attached hydrogen (secondary N) is 1. The molecule has 0 radical (unpaired) electrons. The number of halogens is 1. The fourth-order valence-corrected chi connectivity index (χ4v) is 4.35. The van der Waals surface area contributed by atoms with E-state index in [-0.39, 0.29) is 42.0 Å². The number of anilines is 1. The Hall–Kier alpha value is -2.74. The summed E-state index contributed by atoms with van der Waals surface area (Å²) in [5.74, 6) is -1.82. The number of sulfone groups is 1. The van der Waals surface area contributed by atoms with Crippen molar-refractivity contribution in [2.75, 3.05) is 23.7 Å². The molecule has 1 fully saturated rings. The third kappa shape index (κ3) is 4.39. The van der Waals surface area contributed by atoms with Crippen molar-refractivity contribution in [3.63, 3.8) is 0 Å². The van der Waals surface area contributed by atoms with Gasteiger partial charge in [-0.15, -0.1) is 0 Å². The summed E-state index contributed by atoms with van der Waals surface area (Å²) in [5, 5.41) is 2.60. The van der Waals surface area contributed by atoms with Crippen molar-refractivity contribution in [1.82, 2.24) is 5.32 Å². The van der Waals surface area contributed by atoms with Crippen LogP contribution in [0.2, 0.25) is 0 Å². The molecule has 3 rings (SSSR count). The van der Waals surface area contributed by atoms with Crippen molar-refractivity contribution < 1.29 is 22.4 Å². The zero-order valence-electron chi connectivity index (χ0n) is 15.4. The van der Waals surface area contributed by atoms with E-state index in [1.165, 1.54) is 12.1 Å². The molecule has 0 aliphatic carbocycles. The summed E-state index contributed by atoms with van der Waals surface area (Å²) in [6, 6.07) is 12.0. The fraction of sp³-hybridized carbons (Fsp3) is 0.300. The van der Waals surface area contributed by atoms with Crippen molar-refractivity contribution in [2.24, 2.45) is 5.92 Å². The molecule has 0 saturated carbocycles. The van der Waals surface area contributed by atoms with Crippen LogP contribution < -0.4 is 10.2 Å². The number of carbonyl (C=O) groups is 2. The number of amides is 2. The molecule has 1 heterocycles. The molecule has 2 amide bonds. The van der Waals surface area contributed by atoms with E-state index in [0.29, 0.717) is 0 Å². The molecular formula is C20H21FN2O4S. The van der Waals surface area contributed by atoms with Crippen LogP contribution in [0.3, 0.4) is 0 Å². The Labute approximate surface area is 163 Å². The first-order valence-corrected chi connectivity index (χ1v) is 10.6. The van der Waals surface area contributed by atoms with Gasteiger partial charge in [0.05, 0.1) is 16.6 Å². The first-order chi connectivity index (χ1) is 13.3. The number of benzene rings is 2. The number of carbonyl (C=O) groups excluding carboxylic acids is 2. The fourth-order valence-electron chi connectivity index (χ4n) is 3.20. The predicted molar refractivity (Wildman–Crippen MR) is 103 cm³/mol. The Balaban J connectivity index is 1.56. The number of aryl methyl sites for hydroxylation is 1. The second kappa shape index (κ2) is 8.10. The number of nitrogens with zero attached hydrogens (tertiary/aromatic N) is 1. The van der Waals surface area contributed by atoms with Crippen molar-refractivity contribution in [1.29, 1.82) is 0 Å². The van der Waals surface area contributed by atoms with Gasteiger partial charge in [0.15, 0.2) is 9.84 Å². The van der Waals surface area contributed by atoms with Gasteiger partial charge in [-0.25, -0.2) is 12.8 Å². The zero-order valence-corrected chi connectivity index (χ0v) is 16.2. The molecule has 8 heteroatoms. The topological polar surface area (TPSA) is 83.6 Å². The first-order valence-electron chi connectivity index (χ1n) is 8.90. The van der Waals surface area contributed by atoms with Crippen LogP contribution >= 0.6 is 0 Å². The Morgan fingerprint density at radius 1 is 1.18 bits per heavy atom. The van der Waals surface area contributed by atoms with Crippen molar-refractivity contribution in [2.45, 2.75) is 18.2 Å². The second-order valence-electron chi connectivity index (χ2n) is 6.76. The van der Waals surface area contributed by atoms with Gasteiger partial charge < -0.3 is 10.2 Å². The summed E-state index contributed by atoms with van der Waals surface area (Å²) in [6.45, 7) is 2.09. The highest BCUT2D eigenvalue weighted by Crippen LogP contribution is 2.27. The van der Waals surface area contributed by atoms with Gasteiger partial charge in [0.1, 0.15) is 5.82 Å². The van der Waals surface area contributed by atoms with Gasteiger partial charge in [0, 0.05) is 25.2 Å². The highest BCUT2D eigenvalue weighted by Gasteiger charge is 2.35. The van der Waals surface area contributed by atoms with E-state index in [2.05, 4.69) is 5.32 Å². The number of hydrogen-bond acceptors (Lipinski definition) is 4. The quantitative estimate of drug-likeness (QED) is 0.748. The monoisotopic (exact) mass is 404 g/mol. The summed E-state index contributed by atoms with van der Waals surface area (Å²) < 4.78 is 37.4. The minimum atomic E-state index is -3.63. The molecule has 0 spiro atoms. The predicted octanol–water partition coefficient (Wildman–Crippen LogP) is 2.08. The van der Waals surface area contributed by atoms with Gasteiger partial charge >= 0.3 is 0 Å². The van der Waals surface area contributed by atoms with Crippen LogP contribution in [-0.4, -0.2) is 39.1 Å². The molecule has 0 aromatic heterocycles.